The van der Waals surface area contributed by atoms with Crippen molar-refractivity contribution in [3.63, 3.8) is 0 Å². The number of likely N-dealkylation sites (N-methyl/N-ethyl adjacent to an activating group) is 1. The quantitative estimate of drug-likeness (QED) is 0.585. The van der Waals surface area contributed by atoms with Crippen LogP contribution in [0, 0.1) is 6.92 Å². The minimum Gasteiger partial charge on any atom is -0.494 e. The van der Waals surface area contributed by atoms with E-state index in [0.717, 1.165) is 11.3 Å². The highest BCUT2D eigenvalue weighted by Gasteiger charge is 2.26. The average Bonchev–Trinajstić information content (AvgIpc) is 2.71. The van der Waals surface area contributed by atoms with Crippen molar-refractivity contribution in [2.75, 3.05) is 13.2 Å². The Morgan fingerprint density at radius 1 is 1.14 bits per heavy atom. The first kappa shape index (κ1) is 22.8. The summed E-state index contributed by atoms with van der Waals surface area (Å²) in [6, 6.07) is 14.6. The third-order valence-corrected chi connectivity index (χ3v) is 5.01. The molecule has 0 radical (unpaired) electrons. The molecule has 0 aliphatic heterocycles. The maximum Gasteiger partial charge on any atom is 0.242 e. The zero-order valence-electron chi connectivity index (χ0n) is 17.3. The summed E-state index contributed by atoms with van der Waals surface area (Å²) in [5.41, 5.74) is 1.98. The van der Waals surface area contributed by atoms with Gasteiger partial charge in [-0.25, -0.2) is 0 Å². The molecule has 0 aliphatic carbocycles. The Hall–Kier alpha value is -2.53. The van der Waals surface area contributed by atoms with Crippen molar-refractivity contribution in [2.45, 2.75) is 46.2 Å². The molecule has 1 atom stereocenters. The van der Waals surface area contributed by atoms with Crippen molar-refractivity contribution in [3.05, 3.63) is 64.7 Å². The van der Waals surface area contributed by atoms with Crippen LogP contribution in [0.4, 0.5) is 0 Å². The summed E-state index contributed by atoms with van der Waals surface area (Å²) in [6.07, 6.45) is 0.855. The minimum absolute atomic E-state index is 0.101. The molecule has 156 valence electrons. The Morgan fingerprint density at radius 2 is 1.83 bits per heavy atom. The molecule has 1 unspecified atom stereocenters. The molecule has 0 bridgehead atoms. The van der Waals surface area contributed by atoms with Gasteiger partial charge in [0.25, 0.3) is 0 Å². The van der Waals surface area contributed by atoms with Crippen LogP contribution >= 0.6 is 11.6 Å². The Bertz CT molecular complexity index is 808. The summed E-state index contributed by atoms with van der Waals surface area (Å²) < 4.78 is 5.70. The van der Waals surface area contributed by atoms with Gasteiger partial charge in [0.2, 0.25) is 11.8 Å². The van der Waals surface area contributed by atoms with Crippen molar-refractivity contribution < 1.29 is 14.3 Å². The van der Waals surface area contributed by atoms with Crippen LogP contribution in [0.3, 0.4) is 0 Å². The maximum absolute atomic E-state index is 12.9. The van der Waals surface area contributed by atoms with Crippen LogP contribution in [0.2, 0.25) is 5.02 Å². The fourth-order valence-electron chi connectivity index (χ4n) is 2.91. The number of benzene rings is 2. The van der Waals surface area contributed by atoms with Crippen molar-refractivity contribution >= 4 is 23.4 Å². The molecule has 2 rings (SSSR count). The van der Waals surface area contributed by atoms with E-state index in [-0.39, 0.29) is 18.4 Å². The highest BCUT2D eigenvalue weighted by atomic mass is 35.5. The van der Waals surface area contributed by atoms with Crippen LogP contribution in [0.5, 0.6) is 5.75 Å². The van der Waals surface area contributed by atoms with Crippen molar-refractivity contribution in [1.82, 2.24) is 10.2 Å². The summed E-state index contributed by atoms with van der Waals surface area (Å²) in [7, 11) is 0. The molecule has 0 fully saturated rings. The number of amides is 2. The van der Waals surface area contributed by atoms with E-state index >= 15 is 0 Å². The fraction of sp³-hybridized carbons (Fsp3) is 0.391. The van der Waals surface area contributed by atoms with Crippen molar-refractivity contribution in [1.29, 1.82) is 0 Å². The monoisotopic (exact) mass is 416 g/mol. The number of rotatable bonds is 10. The van der Waals surface area contributed by atoms with Gasteiger partial charge in [-0.3, -0.25) is 9.59 Å². The second-order valence-electron chi connectivity index (χ2n) is 6.95. The number of aryl methyl sites for hydroxylation is 1. The Labute approximate surface area is 178 Å². The lowest BCUT2D eigenvalue weighted by Gasteiger charge is -2.29. The molecule has 5 nitrogen and oxygen atoms in total. The molecule has 0 heterocycles. The SMILES string of the molecule is CCNC(=O)C(C)N(Cc1ccccc1Cl)C(=O)CCCOc1ccc(C)cc1. The van der Waals surface area contributed by atoms with E-state index in [1.807, 2.05) is 56.3 Å². The summed E-state index contributed by atoms with van der Waals surface area (Å²) >= 11 is 6.27. The van der Waals surface area contributed by atoms with Crippen LogP contribution in [0.1, 0.15) is 37.8 Å². The van der Waals surface area contributed by atoms with E-state index in [4.69, 9.17) is 16.3 Å². The summed E-state index contributed by atoms with van der Waals surface area (Å²) in [5, 5.41) is 3.36. The van der Waals surface area contributed by atoms with Gasteiger partial charge in [-0.05, 0) is 51.0 Å². The molecule has 0 aliphatic rings. The summed E-state index contributed by atoms with van der Waals surface area (Å²) in [6.45, 7) is 6.85. The van der Waals surface area contributed by atoms with E-state index in [0.29, 0.717) is 31.0 Å². The third kappa shape index (κ3) is 7.09. The first-order valence-electron chi connectivity index (χ1n) is 9.92. The Kier molecular flexibility index (Phi) is 9.00. The molecular weight excluding hydrogens is 388 g/mol. The predicted octanol–water partition coefficient (Wildman–Crippen LogP) is 4.36. The molecule has 2 aromatic carbocycles. The number of carbonyl (C=O) groups excluding carboxylic acids is 2. The molecule has 29 heavy (non-hydrogen) atoms. The molecular formula is C23H29ClN2O3. The van der Waals surface area contributed by atoms with Gasteiger partial charge in [0.1, 0.15) is 11.8 Å². The smallest absolute Gasteiger partial charge is 0.242 e. The van der Waals surface area contributed by atoms with Crippen molar-refractivity contribution in [3.8, 4) is 5.75 Å². The van der Waals surface area contributed by atoms with E-state index in [9.17, 15) is 9.59 Å². The number of carbonyl (C=O) groups is 2. The Morgan fingerprint density at radius 3 is 2.48 bits per heavy atom. The van der Waals surface area contributed by atoms with Crippen LogP contribution in [0.15, 0.2) is 48.5 Å². The fourth-order valence-corrected chi connectivity index (χ4v) is 3.10. The normalized spacial score (nSPS) is 11.6. The number of nitrogens with zero attached hydrogens (tertiary/aromatic N) is 1. The molecule has 6 heteroatoms. The van der Waals surface area contributed by atoms with Gasteiger partial charge < -0.3 is 15.0 Å². The number of halogens is 1. The summed E-state index contributed by atoms with van der Waals surface area (Å²) in [4.78, 5) is 26.8. The predicted molar refractivity (Wildman–Crippen MR) is 116 cm³/mol. The second-order valence-corrected chi connectivity index (χ2v) is 7.36. The number of ether oxygens (including phenoxy) is 1. The Balaban J connectivity index is 1.98. The number of nitrogens with one attached hydrogen (secondary N) is 1. The topological polar surface area (TPSA) is 58.6 Å². The zero-order valence-corrected chi connectivity index (χ0v) is 18.0. The van der Waals surface area contributed by atoms with Gasteiger partial charge >= 0.3 is 0 Å². The number of hydrogen-bond donors (Lipinski definition) is 1. The highest BCUT2D eigenvalue weighted by Crippen LogP contribution is 2.19. The van der Waals surface area contributed by atoms with E-state index in [1.165, 1.54) is 5.56 Å². The number of hydrogen-bond acceptors (Lipinski definition) is 3. The molecule has 2 aromatic rings. The lowest BCUT2D eigenvalue weighted by Crippen LogP contribution is -2.47. The molecule has 0 spiro atoms. The lowest BCUT2D eigenvalue weighted by molar-refractivity contribution is -0.140. The van der Waals surface area contributed by atoms with Gasteiger partial charge in [0, 0.05) is 24.5 Å². The van der Waals surface area contributed by atoms with Gasteiger partial charge in [-0.2, -0.15) is 0 Å². The maximum atomic E-state index is 12.9. The van der Waals surface area contributed by atoms with Gasteiger partial charge in [-0.15, -0.1) is 0 Å². The second kappa shape index (κ2) is 11.5. The average molecular weight is 417 g/mol. The van der Waals surface area contributed by atoms with Gasteiger partial charge in [0.05, 0.1) is 6.61 Å². The van der Waals surface area contributed by atoms with Crippen LogP contribution in [0.25, 0.3) is 0 Å². The standard InChI is InChI=1S/C23H29ClN2O3/c1-4-25-23(28)18(3)26(16-19-8-5-6-9-21(19)24)22(27)10-7-15-29-20-13-11-17(2)12-14-20/h5-6,8-9,11-14,18H,4,7,10,15-16H2,1-3H3,(H,25,28). The largest absolute Gasteiger partial charge is 0.494 e. The van der Waals surface area contributed by atoms with Crippen LogP contribution in [-0.4, -0.2) is 35.9 Å². The summed E-state index contributed by atoms with van der Waals surface area (Å²) in [5.74, 6) is 0.506. The molecule has 2 amide bonds. The third-order valence-electron chi connectivity index (χ3n) is 4.64. The highest BCUT2D eigenvalue weighted by molar-refractivity contribution is 6.31. The van der Waals surface area contributed by atoms with E-state index in [1.54, 1.807) is 17.9 Å². The first-order valence-corrected chi connectivity index (χ1v) is 10.3. The van der Waals surface area contributed by atoms with E-state index in [2.05, 4.69) is 5.32 Å². The lowest BCUT2D eigenvalue weighted by atomic mass is 10.1. The minimum atomic E-state index is -0.586. The first-order chi connectivity index (χ1) is 13.9. The van der Waals surface area contributed by atoms with Gasteiger partial charge in [-0.1, -0.05) is 47.5 Å². The van der Waals surface area contributed by atoms with Crippen LogP contribution in [-0.2, 0) is 16.1 Å². The van der Waals surface area contributed by atoms with Crippen molar-refractivity contribution in [2.24, 2.45) is 0 Å². The molecule has 0 saturated heterocycles. The van der Waals surface area contributed by atoms with Gasteiger partial charge in [0.15, 0.2) is 0 Å². The van der Waals surface area contributed by atoms with E-state index < -0.39 is 6.04 Å². The molecule has 0 aromatic heterocycles. The molecule has 1 N–H and O–H groups in total. The van der Waals surface area contributed by atoms with Crippen LogP contribution < -0.4 is 10.1 Å². The molecule has 0 saturated carbocycles. The zero-order chi connectivity index (χ0) is 21.2.